The Bertz CT molecular complexity index is 991. The molecular weight excluding hydrogens is 396 g/mol. The van der Waals surface area contributed by atoms with Gasteiger partial charge in [0.2, 0.25) is 5.91 Å². The van der Waals surface area contributed by atoms with Gasteiger partial charge in [-0.3, -0.25) is 9.59 Å². The van der Waals surface area contributed by atoms with Crippen molar-refractivity contribution < 1.29 is 14.3 Å². The van der Waals surface area contributed by atoms with Crippen LogP contribution in [0.5, 0.6) is 5.75 Å². The Morgan fingerprint density at radius 2 is 1.60 bits per heavy atom. The average molecular weight is 421 g/mol. The van der Waals surface area contributed by atoms with Gasteiger partial charge in [-0.1, -0.05) is 31.2 Å². The predicted molar refractivity (Wildman–Crippen MR) is 122 cm³/mol. The fourth-order valence-corrected chi connectivity index (χ4v) is 3.84. The number of amides is 2. The molecule has 0 spiro atoms. The summed E-state index contributed by atoms with van der Waals surface area (Å²) in [5, 5.41) is 5.62. The number of carbonyl (C=O) groups excluding carboxylic acids is 2. The molecule has 0 heterocycles. The van der Waals surface area contributed by atoms with E-state index < -0.39 is 0 Å². The standard InChI is InChI=1S/C24H24N2O3S/c1-3-22(24(28)25-18-8-5-4-6-9-18)30-21-11-7-10-19(16-21)26-23(27)17-12-14-20(29-2)15-13-17/h4-16,22H,3H2,1-2H3,(H,25,28)(H,26,27). The lowest BCUT2D eigenvalue weighted by Crippen LogP contribution is -2.24. The fourth-order valence-electron chi connectivity index (χ4n) is 2.82. The summed E-state index contributed by atoms with van der Waals surface area (Å²) in [4.78, 5) is 26.0. The van der Waals surface area contributed by atoms with Crippen LogP contribution in [0.15, 0.2) is 83.8 Å². The maximum atomic E-state index is 12.6. The monoisotopic (exact) mass is 420 g/mol. The number of thioether (sulfide) groups is 1. The number of carbonyl (C=O) groups is 2. The highest BCUT2D eigenvalue weighted by atomic mass is 32.2. The number of benzene rings is 3. The van der Waals surface area contributed by atoms with E-state index in [9.17, 15) is 9.59 Å². The third-order valence-corrected chi connectivity index (χ3v) is 5.79. The summed E-state index contributed by atoms with van der Waals surface area (Å²) >= 11 is 1.48. The van der Waals surface area contributed by atoms with E-state index in [1.165, 1.54) is 11.8 Å². The van der Waals surface area contributed by atoms with Crippen LogP contribution in [0.4, 0.5) is 11.4 Å². The van der Waals surface area contributed by atoms with E-state index in [4.69, 9.17) is 4.74 Å². The number of hydrogen-bond acceptors (Lipinski definition) is 4. The van der Waals surface area contributed by atoms with Crippen LogP contribution in [-0.4, -0.2) is 24.2 Å². The van der Waals surface area contributed by atoms with Crippen LogP contribution < -0.4 is 15.4 Å². The molecule has 1 unspecified atom stereocenters. The van der Waals surface area contributed by atoms with Crippen molar-refractivity contribution in [3.8, 4) is 5.75 Å². The first-order valence-corrected chi connectivity index (χ1v) is 10.5. The molecule has 0 aliphatic rings. The lowest BCUT2D eigenvalue weighted by Gasteiger charge is -2.15. The Labute approximate surface area is 180 Å². The van der Waals surface area contributed by atoms with Gasteiger partial charge in [0.25, 0.3) is 5.91 Å². The molecule has 3 aromatic rings. The molecule has 3 aromatic carbocycles. The second kappa shape index (κ2) is 10.5. The first-order valence-electron chi connectivity index (χ1n) is 9.67. The molecule has 0 saturated heterocycles. The van der Waals surface area contributed by atoms with Crippen molar-refractivity contribution in [3.05, 3.63) is 84.4 Å². The first kappa shape index (κ1) is 21.5. The van der Waals surface area contributed by atoms with Crippen LogP contribution >= 0.6 is 11.8 Å². The minimum atomic E-state index is -0.238. The summed E-state index contributed by atoms with van der Waals surface area (Å²) in [6, 6.07) is 23.9. The average Bonchev–Trinajstić information content (AvgIpc) is 2.78. The Morgan fingerprint density at radius 1 is 0.900 bits per heavy atom. The molecule has 3 rings (SSSR count). The van der Waals surface area contributed by atoms with E-state index in [-0.39, 0.29) is 17.1 Å². The minimum absolute atomic E-state index is 0.0404. The SMILES string of the molecule is CCC(Sc1cccc(NC(=O)c2ccc(OC)cc2)c1)C(=O)Nc1ccccc1. The zero-order valence-electron chi connectivity index (χ0n) is 16.9. The number of anilines is 2. The van der Waals surface area contributed by atoms with Gasteiger partial charge in [0, 0.05) is 21.8 Å². The van der Waals surface area contributed by atoms with Crippen molar-refractivity contribution in [2.75, 3.05) is 17.7 Å². The maximum absolute atomic E-state index is 12.6. The summed E-state index contributed by atoms with van der Waals surface area (Å²) in [5.74, 6) is 0.458. The number of hydrogen-bond donors (Lipinski definition) is 2. The Hall–Kier alpha value is -3.25. The molecule has 0 radical (unpaired) electrons. The second-order valence-corrected chi connectivity index (χ2v) is 7.86. The van der Waals surface area contributed by atoms with Crippen molar-refractivity contribution in [1.29, 1.82) is 0 Å². The van der Waals surface area contributed by atoms with Crippen molar-refractivity contribution in [2.45, 2.75) is 23.5 Å². The van der Waals surface area contributed by atoms with Crippen molar-refractivity contribution in [1.82, 2.24) is 0 Å². The zero-order valence-corrected chi connectivity index (χ0v) is 17.7. The van der Waals surface area contributed by atoms with Crippen LogP contribution in [-0.2, 0) is 4.79 Å². The van der Waals surface area contributed by atoms with Crippen LogP contribution in [0.2, 0.25) is 0 Å². The van der Waals surface area contributed by atoms with E-state index in [1.807, 2.05) is 61.5 Å². The quantitative estimate of drug-likeness (QED) is 0.475. The van der Waals surface area contributed by atoms with Gasteiger partial charge < -0.3 is 15.4 Å². The number of nitrogens with one attached hydrogen (secondary N) is 2. The molecule has 30 heavy (non-hydrogen) atoms. The summed E-state index contributed by atoms with van der Waals surface area (Å²) in [6.07, 6.45) is 0.686. The van der Waals surface area contributed by atoms with Gasteiger partial charge >= 0.3 is 0 Å². The van der Waals surface area contributed by atoms with Gasteiger partial charge in [0.15, 0.2) is 0 Å². The number of methoxy groups -OCH3 is 1. The third-order valence-electron chi connectivity index (χ3n) is 4.43. The lowest BCUT2D eigenvalue weighted by molar-refractivity contribution is -0.115. The van der Waals surface area contributed by atoms with Crippen LogP contribution in [0.1, 0.15) is 23.7 Å². The summed E-state index contributed by atoms with van der Waals surface area (Å²) in [7, 11) is 1.59. The molecule has 2 N–H and O–H groups in total. The van der Waals surface area contributed by atoms with E-state index in [0.717, 1.165) is 10.6 Å². The van der Waals surface area contributed by atoms with Gasteiger partial charge in [-0.05, 0) is 61.0 Å². The molecule has 0 bridgehead atoms. The molecule has 5 nitrogen and oxygen atoms in total. The summed E-state index contributed by atoms with van der Waals surface area (Å²) in [6.45, 7) is 1.98. The highest BCUT2D eigenvalue weighted by Crippen LogP contribution is 2.28. The van der Waals surface area contributed by atoms with E-state index in [1.54, 1.807) is 31.4 Å². The largest absolute Gasteiger partial charge is 0.497 e. The van der Waals surface area contributed by atoms with Gasteiger partial charge in [0.1, 0.15) is 5.75 Å². The third kappa shape index (κ3) is 5.87. The maximum Gasteiger partial charge on any atom is 0.255 e. The van der Waals surface area contributed by atoms with E-state index >= 15 is 0 Å². The topological polar surface area (TPSA) is 67.4 Å². The van der Waals surface area contributed by atoms with Crippen molar-refractivity contribution in [3.63, 3.8) is 0 Å². The van der Waals surface area contributed by atoms with E-state index in [0.29, 0.717) is 23.4 Å². The smallest absolute Gasteiger partial charge is 0.255 e. The molecule has 0 fully saturated rings. The molecule has 0 aliphatic heterocycles. The second-order valence-electron chi connectivity index (χ2n) is 6.58. The fraction of sp³-hybridized carbons (Fsp3) is 0.167. The van der Waals surface area contributed by atoms with Crippen molar-refractivity contribution >= 4 is 35.0 Å². The highest BCUT2D eigenvalue weighted by molar-refractivity contribution is 8.00. The minimum Gasteiger partial charge on any atom is -0.497 e. The van der Waals surface area contributed by atoms with Crippen LogP contribution in [0, 0.1) is 0 Å². The highest BCUT2D eigenvalue weighted by Gasteiger charge is 2.18. The molecule has 6 heteroatoms. The normalized spacial score (nSPS) is 11.4. The van der Waals surface area contributed by atoms with Crippen molar-refractivity contribution in [2.24, 2.45) is 0 Å². The summed E-state index contributed by atoms with van der Waals surface area (Å²) in [5.41, 5.74) is 2.00. The Kier molecular flexibility index (Phi) is 7.51. The number of ether oxygens (including phenoxy) is 1. The van der Waals surface area contributed by atoms with Gasteiger partial charge in [-0.25, -0.2) is 0 Å². The molecule has 1 atom stereocenters. The zero-order chi connectivity index (χ0) is 21.3. The number of rotatable bonds is 8. The molecule has 0 aromatic heterocycles. The van der Waals surface area contributed by atoms with Gasteiger partial charge in [-0.15, -0.1) is 11.8 Å². The molecule has 154 valence electrons. The van der Waals surface area contributed by atoms with Crippen LogP contribution in [0.25, 0.3) is 0 Å². The summed E-state index contributed by atoms with van der Waals surface area (Å²) < 4.78 is 5.12. The van der Waals surface area contributed by atoms with Crippen LogP contribution in [0.3, 0.4) is 0 Å². The predicted octanol–water partition coefficient (Wildman–Crippen LogP) is 5.46. The molecule has 0 aliphatic carbocycles. The van der Waals surface area contributed by atoms with Gasteiger partial charge in [0.05, 0.1) is 12.4 Å². The van der Waals surface area contributed by atoms with E-state index in [2.05, 4.69) is 10.6 Å². The van der Waals surface area contributed by atoms with Gasteiger partial charge in [-0.2, -0.15) is 0 Å². The molecule has 0 saturated carbocycles. The Balaban J connectivity index is 1.64. The molecule has 2 amide bonds. The lowest BCUT2D eigenvalue weighted by atomic mass is 10.2. The first-order chi connectivity index (χ1) is 14.6. The Morgan fingerprint density at radius 3 is 2.27 bits per heavy atom. The number of para-hydroxylation sites is 1. The molecular formula is C24H24N2O3S.